The van der Waals surface area contributed by atoms with Crippen LogP contribution in [0.5, 0.6) is 0 Å². The van der Waals surface area contributed by atoms with Gasteiger partial charge >= 0.3 is 0 Å². The summed E-state index contributed by atoms with van der Waals surface area (Å²) in [5.74, 6) is 0.708. The zero-order chi connectivity index (χ0) is 18.7. The predicted octanol–water partition coefficient (Wildman–Crippen LogP) is 5.41. The number of benzene rings is 1. The molecule has 0 radical (unpaired) electrons. The lowest BCUT2D eigenvalue weighted by atomic mass is 10.1. The fourth-order valence-corrected chi connectivity index (χ4v) is 3.20. The number of anilines is 1. The van der Waals surface area contributed by atoms with Gasteiger partial charge in [-0.1, -0.05) is 23.8 Å². The van der Waals surface area contributed by atoms with Crippen molar-refractivity contribution in [2.75, 3.05) is 11.9 Å². The molecule has 0 aliphatic heterocycles. The van der Waals surface area contributed by atoms with Crippen LogP contribution in [0.4, 0.5) is 10.2 Å². The van der Waals surface area contributed by atoms with Crippen LogP contribution >= 0.6 is 0 Å². The van der Waals surface area contributed by atoms with E-state index >= 15 is 0 Å². The van der Waals surface area contributed by atoms with Gasteiger partial charge in [-0.15, -0.1) is 0 Å². The van der Waals surface area contributed by atoms with Gasteiger partial charge in [0.2, 0.25) is 0 Å². The summed E-state index contributed by atoms with van der Waals surface area (Å²) in [6.07, 6.45) is 4.92. The normalized spacial score (nSPS) is 11.0. The number of hydrogen-bond donors (Lipinski definition) is 1. The molecule has 1 aromatic carbocycles. The van der Waals surface area contributed by atoms with Crippen molar-refractivity contribution in [1.29, 1.82) is 0 Å². The highest BCUT2D eigenvalue weighted by atomic mass is 19.1. The monoisotopic (exact) mass is 351 g/mol. The van der Waals surface area contributed by atoms with Crippen molar-refractivity contribution in [3.63, 3.8) is 0 Å². The first-order chi connectivity index (χ1) is 12.5. The standard InChI is InChI=1S/C22H26FN3/c1-15(2)11-14-26-17(4)16(3)20-10-13-25-22(21(20)26)24-12-9-18-5-7-19(23)8-6-18/h5-8,10-11,13H,9,12,14H2,1-4H3,(H,24,25). The number of halogens is 1. The van der Waals surface area contributed by atoms with Gasteiger partial charge in [0.15, 0.2) is 5.82 Å². The lowest BCUT2D eigenvalue weighted by Gasteiger charge is -2.11. The van der Waals surface area contributed by atoms with Crippen LogP contribution in [0.2, 0.25) is 0 Å². The number of hydrogen-bond acceptors (Lipinski definition) is 2. The number of nitrogens with zero attached hydrogens (tertiary/aromatic N) is 2. The number of nitrogens with one attached hydrogen (secondary N) is 1. The van der Waals surface area contributed by atoms with Gasteiger partial charge in [-0.2, -0.15) is 0 Å². The molecule has 0 aliphatic rings. The van der Waals surface area contributed by atoms with E-state index in [2.05, 4.69) is 54.7 Å². The van der Waals surface area contributed by atoms with E-state index < -0.39 is 0 Å². The Labute approximate surface area is 154 Å². The summed E-state index contributed by atoms with van der Waals surface area (Å²) in [4.78, 5) is 4.58. The van der Waals surface area contributed by atoms with Crippen LogP contribution in [0.15, 0.2) is 48.2 Å². The molecule has 136 valence electrons. The Hall–Kier alpha value is -2.62. The molecule has 4 heteroatoms. The Morgan fingerprint density at radius 1 is 1.15 bits per heavy atom. The first-order valence-electron chi connectivity index (χ1n) is 9.03. The van der Waals surface area contributed by atoms with Crippen LogP contribution in [0, 0.1) is 19.7 Å². The second kappa shape index (κ2) is 7.73. The van der Waals surface area contributed by atoms with Crippen molar-refractivity contribution in [3.05, 3.63) is 70.8 Å². The Kier molecular flexibility index (Phi) is 5.40. The van der Waals surface area contributed by atoms with Gasteiger partial charge in [0.05, 0.1) is 5.52 Å². The van der Waals surface area contributed by atoms with Gasteiger partial charge < -0.3 is 9.88 Å². The van der Waals surface area contributed by atoms with E-state index in [0.717, 1.165) is 36.4 Å². The highest BCUT2D eigenvalue weighted by molar-refractivity contribution is 5.93. The molecule has 0 bridgehead atoms. The third-order valence-electron chi connectivity index (χ3n) is 4.85. The fourth-order valence-electron chi connectivity index (χ4n) is 3.20. The van der Waals surface area contributed by atoms with E-state index in [9.17, 15) is 4.39 Å². The SMILES string of the molecule is CC(C)=CCn1c(C)c(C)c2ccnc(NCCc3ccc(F)cc3)c21. The number of aromatic nitrogens is 2. The molecule has 0 fully saturated rings. The lowest BCUT2D eigenvalue weighted by Crippen LogP contribution is -2.09. The van der Waals surface area contributed by atoms with Crippen molar-refractivity contribution in [2.45, 2.75) is 40.7 Å². The molecular formula is C22H26FN3. The van der Waals surface area contributed by atoms with Crippen molar-refractivity contribution in [2.24, 2.45) is 0 Å². The maximum absolute atomic E-state index is 13.0. The summed E-state index contributed by atoms with van der Waals surface area (Å²) >= 11 is 0. The summed E-state index contributed by atoms with van der Waals surface area (Å²) in [5.41, 5.74) is 6.13. The van der Waals surface area contributed by atoms with Crippen molar-refractivity contribution < 1.29 is 4.39 Å². The number of allylic oxidation sites excluding steroid dienone is 2. The van der Waals surface area contributed by atoms with Gasteiger partial charge in [-0.3, -0.25) is 0 Å². The molecule has 0 amide bonds. The molecule has 3 aromatic rings. The van der Waals surface area contributed by atoms with Crippen LogP contribution in [0.1, 0.15) is 30.7 Å². The van der Waals surface area contributed by atoms with Gasteiger partial charge in [0.25, 0.3) is 0 Å². The highest BCUT2D eigenvalue weighted by Gasteiger charge is 2.14. The van der Waals surface area contributed by atoms with E-state index in [1.54, 1.807) is 0 Å². The van der Waals surface area contributed by atoms with E-state index in [4.69, 9.17) is 0 Å². The second-order valence-corrected chi connectivity index (χ2v) is 6.96. The van der Waals surface area contributed by atoms with E-state index in [0.29, 0.717) is 0 Å². The van der Waals surface area contributed by atoms with Gasteiger partial charge in [0.1, 0.15) is 5.82 Å². The summed E-state index contributed by atoms with van der Waals surface area (Å²) in [5, 5.41) is 4.71. The zero-order valence-electron chi connectivity index (χ0n) is 15.9. The number of aryl methyl sites for hydroxylation is 1. The Balaban J connectivity index is 1.86. The van der Waals surface area contributed by atoms with E-state index in [1.807, 2.05) is 18.3 Å². The van der Waals surface area contributed by atoms with E-state index in [-0.39, 0.29) is 5.82 Å². The maximum Gasteiger partial charge on any atom is 0.150 e. The molecule has 0 unspecified atom stereocenters. The molecule has 0 saturated carbocycles. The summed E-state index contributed by atoms with van der Waals surface area (Å²) in [7, 11) is 0. The van der Waals surface area contributed by atoms with Crippen molar-refractivity contribution in [1.82, 2.24) is 9.55 Å². The topological polar surface area (TPSA) is 29.9 Å². The highest BCUT2D eigenvalue weighted by Crippen LogP contribution is 2.29. The molecule has 0 atom stereocenters. The predicted molar refractivity (Wildman–Crippen MR) is 107 cm³/mol. The molecule has 26 heavy (non-hydrogen) atoms. The minimum absolute atomic E-state index is 0.198. The molecule has 1 N–H and O–H groups in total. The van der Waals surface area contributed by atoms with Crippen LogP contribution < -0.4 is 5.32 Å². The zero-order valence-corrected chi connectivity index (χ0v) is 15.9. The molecule has 0 aliphatic carbocycles. The molecule has 0 saturated heterocycles. The van der Waals surface area contributed by atoms with Crippen LogP contribution in [-0.2, 0) is 13.0 Å². The Morgan fingerprint density at radius 2 is 1.88 bits per heavy atom. The molecular weight excluding hydrogens is 325 g/mol. The molecule has 2 aromatic heterocycles. The molecule has 3 nitrogen and oxygen atoms in total. The number of rotatable bonds is 6. The number of fused-ring (bicyclic) bond motifs is 1. The van der Waals surface area contributed by atoms with Gasteiger partial charge in [-0.05, 0) is 63.4 Å². The van der Waals surface area contributed by atoms with Crippen LogP contribution in [0.25, 0.3) is 10.9 Å². The third kappa shape index (κ3) is 3.79. The summed E-state index contributed by atoms with van der Waals surface area (Å²) in [6.45, 7) is 10.2. The molecule has 0 spiro atoms. The average Bonchev–Trinajstić information content (AvgIpc) is 2.87. The lowest BCUT2D eigenvalue weighted by molar-refractivity contribution is 0.627. The van der Waals surface area contributed by atoms with Gasteiger partial charge in [0, 0.05) is 30.4 Å². The van der Waals surface area contributed by atoms with Gasteiger partial charge in [-0.25, -0.2) is 9.37 Å². The van der Waals surface area contributed by atoms with Crippen LogP contribution in [0.3, 0.4) is 0 Å². The minimum atomic E-state index is -0.198. The maximum atomic E-state index is 13.0. The van der Waals surface area contributed by atoms with Crippen LogP contribution in [-0.4, -0.2) is 16.1 Å². The molecule has 2 heterocycles. The summed E-state index contributed by atoms with van der Waals surface area (Å²) < 4.78 is 15.4. The van der Waals surface area contributed by atoms with Crippen molar-refractivity contribution >= 4 is 16.7 Å². The van der Waals surface area contributed by atoms with E-state index in [1.165, 1.54) is 34.3 Å². The molecule has 3 rings (SSSR count). The fraction of sp³-hybridized carbons (Fsp3) is 0.318. The van der Waals surface area contributed by atoms with Crippen molar-refractivity contribution in [3.8, 4) is 0 Å². The summed E-state index contributed by atoms with van der Waals surface area (Å²) in [6, 6.07) is 8.76. The average molecular weight is 351 g/mol. The Morgan fingerprint density at radius 3 is 2.58 bits per heavy atom. The smallest absolute Gasteiger partial charge is 0.150 e. The second-order valence-electron chi connectivity index (χ2n) is 6.96. The first-order valence-corrected chi connectivity index (χ1v) is 9.03. The first kappa shape index (κ1) is 18.2. The minimum Gasteiger partial charge on any atom is -0.368 e. The third-order valence-corrected chi connectivity index (χ3v) is 4.85. The number of pyridine rings is 1. The quantitative estimate of drug-likeness (QED) is 0.602. The Bertz CT molecular complexity index is 932. The largest absolute Gasteiger partial charge is 0.368 e.